The molecule has 148 valence electrons. The summed E-state index contributed by atoms with van der Waals surface area (Å²) in [5, 5.41) is 28.6. The zero-order valence-corrected chi connectivity index (χ0v) is 16.1. The van der Waals surface area contributed by atoms with Crippen LogP contribution in [-0.2, 0) is 22.4 Å². The Morgan fingerprint density at radius 1 is 0.800 bits per heavy atom. The van der Waals surface area contributed by atoms with Crippen molar-refractivity contribution in [3.63, 3.8) is 0 Å². The van der Waals surface area contributed by atoms with Gasteiger partial charge in [0.25, 0.3) is 0 Å². The van der Waals surface area contributed by atoms with Gasteiger partial charge in [-0.25, -0.2) is 9.59 Å². The van der Waals surface area contributed by atoms with E-state index in [1.165, 1.54) is 0 Å². The van der Waals surface area contributed by atoms with Crippen molar-refractivity contribution in [2.24, 2.45) is 0 Å². The molecule has 0 heterocycles. The molecule has 0 aliphatic carbocycles. The highest BCUT2D eigenvalue weighted by Gasteiger charge is 2.25. The van der Waals surface area contributed by atoms with Gasteiger partial charge < -0.3 is 10.2 Å². The number of hydrogen-bond donors (Lipinski definition) is 2. The first-order valence-electron chi connectivity index (χ1n) is 9.30. The lowest BCUT2D eigenvalue weighted by Gasteiger charge is -2.16. The second-order valence-corrected chi connectivity index (χ2v) is 6.77. The Morgan fingerprint density at radius 2 is 1.37 bits per heavy atom. The van der Waals surface area contributed by atoms with Crippen molar-refractivity contribution >= 4 is 17.5 Å². The summed E-state index contributed by atoms with van der Waals surface area (Å²) in [4.78, 5) is 23.7. The average molecular weight is 397 g/mol. The Bertz CT molecular complexity index is 1130. The third-order valence-electron chi connectivity index (χ3n) is 4.75. The third kappa shape index (κ3) is 4.81. The van der Waals surface area contributed by atoms with Crippen LogP contribution in [0.5, 0.6) is 0 Å². The molecule has 0 aromatic heterocycles. The normalized spacial score (nSPS) is 10.1. The number of nitrogens with zero attached hydrogens (tertiary/aromatic N) is 1. The Kier molecular flexibility index (Phi) is 6.41. The molecule has 0 saturated heterocycles. The molecule has 0 saturated carbocycles. The van der Waals surface area contributed by atoms with Crippen LogP contribution < -0.4 is 0 Å². The van der Waals surface area contributed by atoms with Gasteiger partial charge in [-0.2, -0.15) is 5.26 Å². The fourth-order valence-electron chi connectivity index (χ4n) is 3.39. The minimum Gasteiger partial charge on any atom is -0.477 e. The number of rotatable bonds is 7. The second-order valence-electron chi connectivity index (χ2n) is 6.77. The van der Waals surface area contributed by atoms with E-state index in [4.69, 9.17) is 0 Å². The SMILES string of the molecule is N#Cc1ccc(C(Cc2ccccc2)=C(C(=O)O)C(=O)O)c(Cc2ccccc2)c1. The van der Waals surface area contributed by atoms with Crippen LogP contribution in [0.25, 0.3) is 5.57 Å². The van der Waals surface area contributed by atoms with Crippen molar-refractivity contribution in [3.8, 4) is 6.07 Å². The summed E-state index contributed by atoms with van der Waals surface area (Å²) in [5.41, 5.74) is 2.95. The standard InChI is InChI=1S/C25H19NO4/c26-16-19-11-12-21(20(14-19)13-17-7-3-1-4-8-17)22(23(24(27)28)25(29)30)15-18-9-5-2-6-10-18/h1-12,14H,13,15H2,(H,27,28)(H,29,30). The first-order chi connectivity index (χ1) is 14.5. The summed E-state index contributed by atoms with van der Waals surface area (Å²) in [6, 6.07) is 25.7. The molecule has 3 rings (SSSR count). The average Bonchev–Trinajstić information content (AvgIpc) is 2.74. The van der Waals surface area contributed by atoms with E-state index in [0.717, 1.165) is 11.1 Å². The molecule has 5 heteroatoms. The number of hydrogen-bond acceptors (Lipinski definition) is 3. The highest BCUT2D eigenvalue weighted by molar-refractivity contribution is 6.19. The molecule has 0 spiro atoms. The minimum absolute atomic E-state index is 0.141. The van der Waals surface area contributed by atoms with E-state index >= 15 is 0 Å². The van der Waals surface area contributed by atoms with E-state index in [2.05, 4.69) is 6.07 Å². The van der Waals surface area contributed by atoms with Crippen LogP contribution in [0.2, 0.25) is 0 Å². The first-order valence-corrected chi connectivity index (χ1v) is 9.30. The molecule has 30 heavy (non-hydrogen) atoms. The van der Waals surface area contributed by atoms with Crippen LogP contribution in [0.4, 0.5) is 0 Å². The summed E-state index contributed by atoms with van der Waals surface area (Å²) in [6.45, 7) is 0. The molecule has 2 N–H and O–H groups in total. The maximum absolute atomic E-state index is 11.8. The summed E-state index contributed by atoms with van der Waals surface area (Å²) in [5.74, 6) is -2.99. The van der Waals surface area contributed by atoms with Gasteiger partial charge in [0.15, 0.2) is 0 Å². The second kappa shape index (κ2) is 9.35. The lowest BCUT2D eigenvalue weighted by molar-refractivity contribution is -0.140. The molecular weight excluding hydrogens is 378 g/mol. The number of carbonyl (C=O) groups is 2. The van der Waals surface area contributed by atoms with Crippen molar-refractivity contribution in [2.75, 3.05) is 0 Å². The molecule has 0 unspecified atom stereocenters. The van der Waals surface area contributed by atoms with Gasteiger partial charge in [0.2, 0.25) is 0 Å². The number of allylic oxidation sites excluding steroid dienone is 1. The van der Waals surface area contributed by atoms with Gasteiger partial charge in [0, 0.05) is 0 Å². The third-order valence-corrected chi connectivity index (χ3v) is 4.75. The lowest BCUT2D eigenvalue weighted by Crippen LogP contribution is -2.16. The highest BCUT2D eigenvalue weighted by atomic mass is 16.4. The maximum atomic E-state index is 11.8. The molecule has 3 aromatic rings. The molecule has 5 nitrogen and oxygen atoms in total. The van der Waals surface area contributed by atoms with E-state index in [-0.39, 0.29) is 12.0 Å². The molecular formula is C25H19NO4. The zero-order valence-electron chi connectivity index (χ0n) is 16.1. The smallest absolute Gasteiger partial charge is 0.343 e. The zero-order chi connectivity index (χ0) is 21.5. The van der Waals surface area contributed by atoms with Gasteiger partial charge in [0.05, 0.1) is 11.6 Å². The fraction of sp³-hybridized carbons (Fsp3) is 0.0800. The lowest BCUT2D eigenvalue weighted by atomic mass is 9.87. The van der Waals surface area contributed by atoms with Gasteiger partial charge >= 0.3 is 11.9 Å². The summed E-state index contributed by atoms with van der Waals surface area (Å²) in [6.07, 6.45) is 0.582. The van der Waals surface area contributed by atoms with Crippen LogP contribution in [0, 0.1) is 11.3 Å². The van der Waals surface area contributed by atoms with E-state index in [1.54, 1.807) is 18.2 Å². The number of carboxylic acids is 2. The van der Waals surface area contributed by atoms with Gasteiger partial charge in [0.1, 0.15) is 5.57 Å². The van der Waals surface area contributed by atoms with Crippen molar-refractivity contribution in [3.05, 3.63) is 112 Å². The van der Waals surface area contributed by atoms with Crippen LogP contribution >= 0.6 is 0 Å². The molecule has 0 amide bonds. The van der Waals surface area contributed by atoms with Gasteiger partial charge in [-0.3, -0.25) is 0 Å². The predicted octanol–water partition coefficient (Wildman–Crippen LogP) is 4.31. The molecule has 0 radical (unpaired) electrons. The van der Waals surface area contributed by atoms with Crippen molar-refractivity contribution < 1.29 is 19.8 Å². The molecule has 0 bridgehead atoms. The molecule has 3 aromatic carbocycles. The van der Waals surface area contributed by atoms with E-state index in [1.807, 2.05) is 60.7 Å². The summed E-state index contributed by atoms with van der Waals surface area (Å²) in [7, 11) is 0. The highest BCUT2D eigenvalue weighted by Crippen LogP contribution is 2.29. The molecule has 0 atom stereocenters. The van der Waals surface area contributed by atoms with Crippen LogP contribution in [-0.4, -0.2) is 22.2 Å². The Balaban J connectivity index is 2.22. The predicted molar refractivity (Wildman–Crippen MR) is 113 cm³/mol. The number of nitriles is 1. The van der Waals surface area contributed by atoms with Gasteiger partial charge in [-0.1, -0.05) is 66.7 Å². The van der Waals surface area contributed by atoms with Crippen molar-refractivity contribution in [1.29, 1.82) is 5.26 Å². The largest absolute Gasteiger partial charge is 0.477 e. The molecule has 0 aliphatic heterocycles. The van der Waals surface area contributed by atoms with E-state index in [9.17, 15) is 25.1 Å². The Morgan fingerprint density at radius 3 is 1.90 bits per heavy atom. The van der Waals surface area contributed by atoms with Crippen LogP contribution in [0.15, 0.2) is 84.4 Å². The Hall–Kier alpha value is -4.17. The molecule has 0 aliphatic rings. The first kappa shape index (κ1) is 20.6. The summed E-state index contributed by atoms with van der Waals surface area (Å²) >= 11 is 0. The topological polar surface area (TPSA) is 98.4 Å². The van der Waals surface area contributed by atoms with Gasteiger partial charge in [-0.05, 0) is 52.8 Å². The monoisotopic (exact) mass is 397 g/mol. The van der Waals surface area contributed by atoms with Crippen LogP contribution in [0.3, 0.4) is 0 Å². The maximum Gasteiger partial charge on any atom is 0.343 e. The summed E-state index contributed by atoms with van der Waals surface area (Å²) < 4.78 is 0. The fourth-order valence-corrected chi connectivity index (χ4v) is 3.39. The minimum atomic E-state index is -1.50. The quantitative estimate of drug-likeness (QED) is 0.352. The molecule has 0 fully saturated rings. The number of benzene rings is 3. The van der Waals surface area contributed by atoms with Crippen molar-refractivity contribution in [1.82, 2.24) is 0 Å². The number of carboxylic acid groups (broad SMARTS) is 2. The Labute approximate surface area is 174 Å². The van der Waals surface area contributed by atoms with E-state index in [0.29, 0.717) is 23.1 Å². The number of aliphatic carboxylic acids is 2. The van der Waals surface area contributed by atoms with Crippen molar-refractivity contribution in [2.45, 2.75) is 12.8 Å². The van der Waals surface area contributed by atoms with E-state index < -0.39 is 17.5 Å². The van der Waals surface area contributed by atoms with Crippen LogP contribution in [0.1, 0.15) is 27.8 Å². The van der Waals surface area contributed by atoms with Gasteiger partial charge in [-0.15, -0.1) is 0 Å².